The third-order valence-electron chi connectivity index (χ3n) is 5.39. The van der Waals surface area contributed by atoms with Crippen LogP contribution in [0.4, 0.5) is 5.69 Å². The van der Waals surface area contributed by atoms with E-state index in [1.807, 2.05) is 42.5 Å². The number of ether oxygens (including phenoxy) is 1. The van der Waals surface area contributed by atoms with Crippen LogP contribution >= 0.6 is 0 Å². The summed E-state index contributed by atoms with van der Waals surface area (Å²) in [5, 5.41) is 3.04. The van der Waals surface area contributed by atoms with E-state index in [4.69, 9.17) is 4.74 Å². The lowest BCUT2D eigenvalue weighted by atomic mass is 9.77. The van der Waals surface area contributed by atoms with Crippen molar-refractivity contribution < 1.29 is 14.3 Å². The predicted molar refractivity (Wildman–Crippen MR) is 83.7 cm³/mol. The molecule has 5 nitrogen and oxygen atoms in total. The number of hydrogen-bond donors (Lipinski definition) is 1. The summed E-state index contributed by atoms with van der Waals surface area (Å²) in [5.41, 5.74) is 0.228. The number of nitrogens with zero attached hydrogens (tertiary/aromatic N) is 1. The molecule has 1 N–H and O–H groups in total. The van der Waals surface area contributed by atoms with Crippen LogP contribution in [0.15, 0.2) is 42.5 Å². The molecule has 4 atom stereocenters. The fourth-order valence-electron chi connectivity index (χ4n) is 4.15. The second kappa shape index (κ2) is 4.45. The zero-order valence-electron chi connectivity index (χ0n) is 12.6. The topological polar surface area (TPSA) is 58.6 Å². The van der Waals surface area contributed by atoms with Gasteiger partial charge in [0, 0.05) is 11.7 Å². The van der Waals surface area contributed by atoms with Crippen LogP contribution < -0.4 is 10.2 Å². The van der Waals surface area contributed by atoms with Crippen LogP contribution in [0.3, 0.4) is 0 Å². The number of amides is 2. The van der Waals surface area contributed by atoms with Gasteiger partial charge in [-0.15, -0.1) is 0 Å². The van der Waals surface area contributed by atoms with Gasteiger partial charge in [0.05, 0.1) is 24.5 Å². The quantitative estimate of drug-likeness (QED) is 0.855. The molecule has 2 amide bonds. The molecule has 0 aromatic heterocycles. The Balaban J connectivity index is 1.48. The van der Waals surface area contributed by atoms with E-state index in [1.54, 1.807) is 4.90 Å². The molecule has 0 radical (unpaired) electrons. The first kappa shape index (κ1) is 13.3. The highest BCUT2D eigenvalue weighted by Gasteiger charge is 2.67. The number of para-hydroxylation sites is 1. The zero-order chi connectivity index (χ0) is 15.6. The Morgan fingerprint density at radius 1 is 1.26 bits per heavy atom. The molecule has 1 aliphatic carbocycles. The molecule has 5 heteroatoms. The second-order valence-corrected chi connectivity index (χ2v) is 6.94. The van der Waals surface area contributed by atoms with E-state index in [0.29, 0.717) is 12.6 Å². The third kappa shape index (κ3) is 1.83. The number of anilines is 1. The van der Waals surface area contributed by atoms with Crippen LogP contribution in [0, 0.1) is 11.8 Å². The monoisotopic (exact) mass is 310 g/mol. The number of fused-ring (bicyclic) bond motifs is 1. The molecule has 3 fully saturated rings. The molecule has 1 saturated carbocycles. The lowest BCUT2D eigenvalue weighted by molar-refractivity contribution is -0.132. The summed E-state index contributed by atoms with van der Waals surface area (Å²) >= 11 is 0. The Morgan fingerprint density at radius 2 is 2.04 bits per heavy atom. The molecule has 3 aliphatic heterocycles. The van der Waals surface area contributed by atoms with E-state index in [-0.39, 0.29) is 17.9 Å². The highest BCUT2D eigenvalue weighted by molar-refractivity contribution is 6.03. The van der Waals surface area contributed by atoms with Crippen molar-refractivity contribution in [1.82, 2.24) is 5.32 Å². The van der Waals surface area contributed by atoms with Crippen LogP contribution in [-0.4, -0.2) is 36.1 Å². The van der Waals surface area contributed by atoms with Gasteiger partial charge < -0.3 is 15.0 Å². The standard InChI is InChI=1S/C18H18N2O3/c21-16(19-11-6-7-11)14-13-8-9-18(23-13)10-20(17(22)15(14)18)12-4-2-1-3-5-12/h1-5,8-9,11,13-15H,6-7,10H2,(H,19,21)/t13-,14?,15?,18?/m0/s1. The van der Waals surface area contributed by atoms with Gasteiger partial charge in [-0.05, 0) is 25.0 Å². The number of carbonyl (C=O) groups is 2. The van der Waals surface area contributed by atoms with Crippen molar-refractivity contribution >= 4 is 17.5 Å². The third-order valence-corrected chi connectivity index (χ3v) is 5.39. The highest BCUT2D eigenvalue weighted by Crippen LogP contribution is 2.52. The van der Waals surface area contributed by atoms with Gasteiger partial charge in [-0.25, -0.2) is 0 Å². The smallest absolute Gasteiger partial charge is 0.234 e. The minimum Gasteiger partial charge on any atom is -0.360 e. The zero-order valence-corrected chi connectivity index (χ0v) is 12.6. The Bertz CT molecular complexity index is 712. The summed E-state index contributed by atoms with van der Waals surface area (Å²) in [6, 6.07) is 9.90. The fourth-order valence-corrected chi connectivity index (χ4v) is 4.15. The van der Waals surface area contributed by atoms with Gasteiger partial charge in [0.2, 0.25) is 11.8 Å². The van der Waals surface area contributed by atoms with Crippen LogP contribution in [0.25, 0.3) is 0 Å². The Hall–Kier alpha value is -2.14. The van der Waals surface area contributed by atoms with Crippen LogP contribution in [-0.2, 0) is 14.3 Å². The number of benzene rings is 1. The molecule has 4 aliphatic rings. The maximum atomic E-state index is 13.0. The maximum Gasteiger partial charge on any atom is 0.234 e. The van der Waals surface area contributed by atoms with Gasteiger partial charge in [0.25, 0.3) is 0 Å². The SMILES string of the molecule is O=C(NC1CC1)C1C2C(=O)N(c3ccccc3)CC23C=C[C@@H]1O3. The van der Waals surface area contributed by atoms with Crippen molar-refractivity contribution in [2.75, 3.05) is 11.4 Å². The largest absolute Gasteiger partial charge is 0.360 e. The minimum atomic E-state index is -0.636. The average Bonchev–Trinajstić information content (AvgIpc) is 3.09. The normalized spacial score (nSPS) is 37.3. The molecule has 2 bridgehead atoms. The molecule has 5 rings (SSSR count). The van der Waals surface area contributed by atoms with E-state index in [9.17, 15) is 9.59 Å². The minimum absolute atomic E-state index is 0.000929. The van der Waals surface area contributed by atoms with Crippen molar-refractivity contribution in [3.8, 4) is 0 Å². The predicted octanol–water partition coefficient (Wildman–Crippen LogP) is 1.25. The molecular formula is C18H18N2O3. The molecular weight excluding hydrogens is 292 g/mol. The molecule has 1 aromatic carbocycles. The summed E-state index contributed by atoms with van der Waals surface area (Å²) in [7, 11) is 0. The van der Waals surface area contributed by atoms with Crippen molar-refractivity contribution in [1.29, 1.82) is 0 Å². The number of rotatable bonds is 3. The first-order valence-electron chi connectivity index (χ1n) is 8.22. The Morgan fingerprint density at radius 3 is 2.78 bits per heavy atom. The first-order valence-corrected chi connectivity index (χ1v) is 8.22. The molecule has 23 heavy (non-hydrogen) atoms. The molecule has 1 aromatic rings. The summed E-state index contributed by atoms with van der Waals surface area (Å²) in [5.74, 6) is -0.839. The lowest BCUT2D eigenvalue weighted by Crippen LogP contribution is -2.44. The van der Waals surface area contributed by atoms with E-state index < -0.39 is 17.4 Å². The van der Waals surface area contributed by atoms with Gasteiger partial charge in [-0.1, -0.05) is 30.4 Å². The molecule has 3 unspecified atom stereocenters. The van der Waals surface area contributed by atoms with Crippen LogP contribution in [0.2, 0.25) is 0 Å². The van der Waals surface area contributed by atoms with E-state index in [2.05, 4.69) is 5.32 Å². The van der Waals surface area contributed by atoms with Crippen molar-refractivity contribution in [3.63, 3.8) is 0 Å². The van der Waals surface area contributed by atoms with Crippen molar-refractivity contribution in [2.24, 2.45) is 11.8 Å². The number of hydrogen-bond acceptors (Lipinski definition) is 3. The number of nitrogens with one attached hydrogen (secondary N) is 1. The van der Waals surface area contributed by atoms with Crippen LogP contribution in [0.1, 0.15) is 12.8 Å². The molecule has 3 heterocycles. The van der Waals surface area contributed by atoms with E-state index >= 15 is 0 Å². The van der Waals surface area contributed by atoms with Crippen molar-refractivity contribution in [3.05, 3.63) is 42.5 Å². The summed E-state index contributed by atoms with van der Waals surface area (Å²) in [4.78, 5) is 27.4. The van der Waals surface area contributed by atoms with Crippen molar-refractivity contribution in [2.45, 2.75) is 30.6 Å². The van der Waals surface area contributed by atoms with Gasteiger partial charge in [-0.3, -0.25) is 9.59 Å². The summed E-state index contributed by atoms with van der Waals surface area (Å²) in [6.07, 6.45) is 5.76. The van der Waals surface area contributed by atoms with Gasteiger partial charge >= 0.3 is 0 Å². The fraction of sp³-hybridized carbons (Fsp3) is 0.444. The van der Waals surface area contributed by atoms with Gasteiger partial charge in [0.1, 0.15) is 5.60 Å². The molecule has 118 valence electrons. The van der Waals surface area contributed by atoms with Gasteiger partial charge in [0.15, 0.2) is 0 Å². The summed E-state index contributed by atoms with van der Waals surface area (Å²) < 4.78 is 6.11. The average molecular weight is 310 g/mol. The van der Waals surface area contributed by atoms with E-state index in [0.717, 1.165) is 18.5 Å². The molecule has 1 spiro atoms. The number of carbonyl (C=O) groups excluding carboxylic acids is 2. The first-order chi connectivity index (χ1) is 11.2. The Labute approximate surface area is 134 Å². The van der Waals surface area contributed by atoms with E-state index in [1.165, 1.54) is 0 Å². The highest BCUT2D eigenvalue weighted by atomic mass is 16.5. The lowest BCUT2D eigenvalue weighted by Gasteiger charge is -2.23. The van der Waals surface area contributed by atoms with Gasteiger partial charge in [-0.2, -0.15) is 0 Å². The summed E-state index contributed by atoms with van der Waals surface area (Å²) in [6.45, 7) is 0.487. The second-order valence-electron chi connectivity index (χ2n) is 6.94. The van der Waals surface area contributed by atoms with Crippen LogP contribution in [0.5, 0.6) is 0 Å². The Kier molecular flexibility index (Phi) is 2.57. The maximum absolute atomic E-state index is 13.0. The molecule has 2 saturated heterocycles.